The number of halogens is 1. The lowest BCUT2D eigenvalue weighted by atomic mass is 9.98. The van der Waals surface area contributed by atoms with Crippen LogP contribution in [0.15, 0.2) is 0 Å². The number of rotatable bonds is 3. The van der Waals surface area contributed by atoms with E-state index >= 15 is 0 Å². The molecule has 0 N–H and O–H groups in total. The molecule has 0 aliphatic carbocycles. The monoisotopic (exact) mass is 247 g/mol. The summed E-state index contributed by atoms with van der Waals surface area (Å²) >= 11 is 3.74. The predicted molar refractivity (Wildman–Crippen MR) is 62.4 cm³/mol. The Hall–Kier alpha value is 0.440. The van der Waals surface area contributed by atoms with Crippen LogP contribution in [0.3, 0.4) is 0 Å². The lowest BCUT2D eigenvalue weighted by Crippen LogP contribution is -2.41. The summed E-state index contributed by atoms with van der Waals surface area (Å²) in [6, 6.07) is 0. The van der Waals surface area contributed by atoms with Gasteiger partial charge in [0.2, 0.25) is 0 Å². The molecule has 0 saturated carbocycles. The fourth-order valence-corrected chi connectivity index (χ4v) is 2.31. The quantitative estimate of drug-likeness (QED) is 0.693. The molecule has 0 aromatic rings. The second-order valence-electron chi connectivity index (χ2n) is 4.55. The molecule has 3 unspecified atom stereocenters. The Morgan fingerprint density at radius 1 is 1.54 bits per heavy atom. The molecule has 1 heterocycles. The lowest BCUT2D eigenvalue weighted by Gasteiger charge is -2.35. The van der Waals surface area contributed by atoms with Crippen molar-refractivity contribution >= 4 is 15.9 Å². The number of hydrogen-bond donors (Lipinski definition) is 0. The van der Waals surface area contributed by atoms with Crippen molar-refractivity contribution in [1.29, 1.82) is 0 Å². The minimum absolute atomic E-state index is 0.751. The summed E-state index contributed by atoms with van der Waals surface area (Å²) < 4.78 is 0. The molecule has 0 aromatic heterocycles. The first-order chi connectivity index (χ1) is 6.13. The van der Waals surface area contributed by atoms with E-state index in [0.717, 1.165) is 16.7 Å². The summed E-state index contributed by atoms with van der Waals surface area (Å²) in [5.74, 6) is 1.68. The summed E-state index contributed by atoms with van der Waals surface area (Å²) in [5, 5.41) is 0. The maximum atomic E-state index is 3.74. The van der Waals surface area contributed by atoms with Crippen LogP contribution < -0.4 is 0 Å². The molecule has 0 amide bonds. The van der Waals surface area contributed by atoms with Crippen molar-refractivity contribution in [2.24, 2.45) is 11.8 Å². The van der Waals surface area contributed by atoms with Gasteiger partial charge in [-0.3, -0.25) is 0 Å². The first kappa shape index (κ1) is 11.5. The molecule has 3 atom stereocenters. The van der Waals surface area contributed by atoms with Crippen LogP contribution in [0.2, 0.25) is 0 Å². The molecule has 78 valence electrons. The molecular weight excluding hydrogens is 226 g/mol. The van der Waals surface area contributed by atoms with E-state index in [1.165, 1.54) is 32.5 Å². The van der Waals surface area contributed by atoms with E-state index in [2.05, 4.69) is 41.6 Å². The molecule has 1 aliphatic heterocycles. The first-order valence-electron chi connectivity index (χ1n) is 5.50. The lowest BCUT2D eigenvalue weighted by molar-refractivity contribution is 0.167. The van der Waals surface area contributed by atoms with Crippen LogP contribution in [0.25, 0.3) is 0 Å². The number of likely N-dealkylation sites (tertiary alicyclic amines) is 1. The molecule has 13 heavy (non-hydrogen) atoms. The van der Waals surface area contributed by atoms with Crippen molar-refractivity contribution in [1.82, 2.24) is 4.90 Å². The Morgan fingerprint density at radius 2 is 2.23 bits per heavy atom. The summed E-state index contributed by atoms with van der Waals surface area (Å²) in [7, 11) is 0. The molecule has 0 aromatic carbocycles. The van der Waals surface area contributed by atoms with Crippen molar-refractivity contribution in [3.8, 4) is 0 Å². The number of piperidine rings is 1. The average Bonchev–Trinajstić information content (AvgIpc) is 2.11. The maximum Gasteiger partial charge on any atom is 0.0195 e. The highest BCUT2D eigenvalue weighted by atomic mass is 79.9. The van der Waals surface area contributed by atoms with E-state index in [0.29, 0.717) is 0 Å². The molecule has 0 bridgehead atoms. The molecule has 1 nitrogen and oxygen atoms in total. The van der Waals surface area contributed by atoms with E-state index in [1.54, 1.807) is 0 Å². The third-order valence-corrected chi connectivity index (χ3v) is 4.51. The van der Waals surface area contributed by atoms with Gasteiger partial charge >= 0.3 is 0 Å². The molecule has 0 radical (unpaired) electrons. The van der Waals surface area contributed by atoms with Crippen LogP contribution in [0.5, 0.6) is 0 Å². The molecule has 2 heteroatoms. The van der Waals surface area contributed by atoms with Crippen molar-refractivity contribution in [3.05, 3.63) is 0 Å². The summed E-state index contributed by atoms with van der Waals surface area (Å²) in [6.45, 7) is 10.8. The summed E-state index contributed by atoms with van der Waals surface area (Å²) in [6.07, 6.45) is 2.63. The number of hydrogen-bond acceptors (Lipinski definition) is 1. The Kier molecular flexibility index (Phi) is 4.74. The third-order valence-electron chi connectivity index (χ3n) is 3.15. The molecular formula is C11H22BrN. The largest absolute Gasteiger partial charge is 0.303 e. The molecule has 1 aliphatic rings. The van der Waals surface area contributed by atoms with E-state index < -0.39 is 0 Å². The van der Waals surface area contributed by atoms with Gasteiger partial charge in [-0.1, -0.05) is 43.1 Å². The fraction of sp³-hybridized carbons (Fsp3) is 1.00. The van der Waals surface area contributed by atoms with Crippen LogP contribution in [0.1, 0.15) is 33.6 Å². The smallest absolute Gasteiger partial charge is 0.0195 e. The SMILES string of the molecule is CCC(C)CN1CCC(Br)C(C)C1. The van der Waals surface area contributed by atoms with E-state index in [9.17, 15) is 0 Å². The van der Waals surface area contributed by atoms with Gasteiger partial charge in [0.25, 0.3) is 0 Å². The third kappa shape index (κ3) is 3.59. The van der Waals surface area contributed by atoms with Gasteiger partial charge in [-0.15, -0.1) is 0 Å². The second kappa shape index (κ2) is 5.35. The molecule has 1 rings (SSSR count). The molecule has 0 spiro atoms. The normalized spacial score (nSPS) is 33.2. The van der Waals surface area contributed by atoms with Gasteiger partial charge in [0.15, 0.2) is 0 Å². The molecule has 1 saturated heterocycles. The summed E-state index contributed by atoms with van der Waals surface area (Å²) in [5.41, 5.74) is 0. The fourth-order valence-electron chi connectivity index (χ4n) is 1.94. The van der Waals surface area contributed by atoms with E-state index in [1.807, 2.05) is 0 Å². The van der Waals surface area contributed by atoms with Crippen LogP contribution in [-0.4, -0.2) is 29.4 Å². The first-order valence-corrected chi connectivity index (χ1v) is 6.41. The number of nitrogens with zero attached hydrogens (tertiary/aromatic N) is 1. The van der Waals surface area contributed by atoms with Crippen molar-refractivity contribution < 1.29 is 0 Å². The Balaban J connectivity index is 2.29. The molecule has 1 fully saturated rings. The van der Waals surface area contributed by atoms with Gasteiger partial charge in [-0.05, 0) is 24.8 Å². The Labute approximate surface area is 91.0 Å². The van der Waals surface area contributed by atoms with Crippen LogP contribution in [0, 0.1) is 11.8 Å². The zero-order valence-corrected chi connectivity index (χ0v) is 10.7. The van der Waals surface area contributed by atoms with Gasteiger partial charge in [-0.2, -0.15) is 0 Å². The zero-order chi connectivity index (χ0) is 9.84. The standard InChI is InChI=1S/C11H22BrN/c1-4-9(2)7-13-6-5-11(12)10(3)8-13/h9-11H,4-8H2,1-3H3. The second-order valence-corrected chi connectivity index (χ2v) is 5.73. The van der Waals surface area contributed by atoms with Gasteiger partial charge in [0.05, 0.1) is 0 Å². The van der Waals surface area contributed by atoms with E-state index in [4.69, 9.17) is 0 Å². The highest BCUT2D eigenvalue weighted by Gasteiger charge is 2.24. The van der Waals surface area contributed by atoms with Gasteiger partial charge in [0, 0.05) is 17.9 Å². The van der Waals surface area contributed by atoms with Crippen molar-refractivity contribution in [2.75, 3.05) is 19.6 Å². The zero-order valence-electron chi connectivity index (χ0n) is 9.09. The predicted octanol–water partition coefficient (Wildman–Crippen LogP) is 3.14. The minimum atomic E-state index is 0.751. The topological polar surface area (TPSA) is 3.24 Å². The van der Waals surface area contributed by atoms with Gasteiger partial charge < -0.3 is 4.90 Å². The summed E-state index contributed by atoms with van der Waals surface area (Å²) in [4.78, 5) is 3.37. The van der Waals surface area contributed by atoms with Crippen LogP contribution in [-0.2, 0) is 0 Å². The van der Waals surface area contributed by atoms with Gasteiger partial charge in [-0.25, -0.2) is 0 Å². The van der Waals surface area contributed by atoms with Crippen molar-refractivity contribution in [3.63, 3.8) is 0 Å². The highest BCUT2D eigenvalue weighted by molar-refractivity contribution is 9.09. The van der Waals surface area contributed by atoms with Crippen LogP contribution >= 0.6 is 15.9 Å². The number of alkyl halides is 1. The van der Waals surface area contributed by atoms with Crippen molar-refractivity contribution in [2.45, 2.75) is 38.4 Å². The van der Waals surface area contributed by atoms with Gasteiger partial charge in [0.1, 0.15) is 0 Å². The average molecular weight is 248 g/mol. The van der Waals surface area contributed by atoms with E-state index in [-0.39, 0.29) is 0 Å². The van der Waals surface area contributed by atoms with Crippen LogP contribution in [0.4, 0.5) is 0 Å². The maximum absolute atomic E-state index is 3.74. The highest BCUT2D eigenvalue weighted by Crippen LogP contribution is 2.23. The minimum Gasteiger partial charge on any atom is -0.303 e. The Morgan fingerprint density at radius 3 is 2.77 bits per heavy atom. The Bertz CT molecular complexity index is 147.